The zero-order valence-corrected chi connectivity index (χ0v) is 9.81. The van der Waals surface area contributed by atoms with Crippen molar-refractivity contribution in [2.24, 2.45) is 0 Å². The third kappa shape index (κ3) is 2.38. The van der Waals surface area contributed by atoms with Crippen LogP contribution in [-0.2, 0) is 0 Å². The van der Waals surface area contributed by atoms with Gasteiger partial charge in [-0.1, -0.05) is 0 Å². The molecule has 15 heavy (non-hydrogen) atoms. The normalized spacial score (nSPS) is 18.1. The summed E-state index contributed by atoms with van der Waals surface area (Å²) in [4.78, 5) is 10.4. The van der Waals surface area contributed by atoms with Gasteiger partial charge in [-0.15, -0.1) is 0 Å². The molecule has 0 bridgehead atoms. The second-order valence-electron chi connectivity index (χ2n) is 3.62. The van der Waals surface area contributed by atoms with Gasteiger partial charge in [0.05, 0.1) is 12.3 Å². The van der Waals surface area contributed by atoms with Gasteiger partial charge in [0.15, 0.2) is 11.6 Å². The van der Waals surface area contributed by atoms with Crippen LogP contribution in [0.25, 0.3) is 0 Å². The summed E-state index contributed by atoms with van der Waals surface area (Å²) in [6, 6.07) is 0. The van der Waals surface area contributed by atoms with E-state index in [0.717, 1.165) is 25.9 Å². The van der Waals surface area contributed by atoms with E-state index in [-0.39, 0.29) is 6.10 Å². The number of aliphatic hydroxyl groups excluding tert-OH is 1. The van der Waals surface area contributed by atoms with E-state index >= 15 is 0 Å². The number of nitrogens with zero attached hydrogens (tertiary/aromatic N) is 3. The molecular weight excluding hydrogens is 260 g/mol. The van der Waals surface area contributed by atoms with E-state index in [4.69, 9.17) is 5.73 Å². The van der Waals surface area contributed by atoms with Crippen LogP contribution in [0.1, 0.15) is 12.8 Å². The van der Waals surface area contributed by atoms with Crippen LogP contribution in [0.5, 0.6) is 0 Å². The second kappa shape index (κ2) is 4.32. The van der Waals surface area contributed by atoms with E-state index < -0.39 is 0 Å². The van der Waals surface area contributed by atoms with E-state index in [1.807, 2.05) is 0 Å². The fourth-order valence-electron chi connectivity index (χ4n) is 1.68. The Bertz CT molecular complexity index is 352. The number of anilines is 2. The van der Waals surface area contributed by atoms with Gasteiger partial charge < -0.3 is 15.7 Å². The lowest BCUT2D eigenvalue weighted by Crippen LogP contribution is -2.36. The standard InChI is InChI=1S/C9H13BrN4O/c10-7-5-12-8(11)9(13-7)14-3-1-6(15)2-4-14/h5-6,15H,1-4H2,(H2,11,12). The lowest BCUT2D eigenvalue weighted by molar-refractivity contribution is 0.145. The highest BCUT2D eigenvalue weighted by molar-refractivity contribution is 9.10. The van der Waals surface area contributed by atoms with Gasteiger partial charge in [0, 0.05) is 13.1 Å². The summed E-state index contributed by atoms with van der Waals surface area (Å²) in [5.41, 5.74) is 5.76. The molecule has 82 valence electrons. The Morgan fingerprint density at radius 1 is 1.47 bits per heavy atom. The van der Waals surface area contributed by atoms with Crippen LogP contribution in [0.15, 0.2) is 10.8 Å². The highest BCUT2D eigenvalue weighted by Crippen LogP contribution is 2.23. The molecule has 2 heterocycles. The van der Waals surface area contributed by atoms with E-state index in [9.17, 15) is 5.11 Å². The fraction of sp³-hybridized carbons (Fsp3) is 0.556. The zero-order valence-electron chi connectivity index (χ0n) is 8.23. The molecule has 0 aromatic carbocycles. The zero-order chi connectivity index (χ0) is 10.8. The summed E-state index contributed by atoms with van der Waals surface area (Å²) in [5, 5.41) is 9.39. The average Bonchev–Trinajstić information content (AvgIpc) is 2.23. The number of nitrogens with two attached hydrogens (primary N) is 1. The maximum Gasteiger partial charge on any atom is 0.172 e. The number of hydrogen-bond donors (Lipinski definition) is 2. The van der Waals surface area contributed by atoms with E-state index in [1.165, 1.54) is 0 Å². The number of aromatic nitrogens is 2. The predicted molar refractivity (Wildman–Crippen MR) is 61.6 cm³/mol. The Morgan fingerprint density at radius 2 is 2.13 bits per heavy atom. The fourth-order valence-corrected chi connectivity index (χ4v) is 1.95. The summed E-state index contributed by atoms with van der Waals surface area (Å²) in [5.74, 6) is 1.14. The quantitative estimate of drug-likeness (QED) is 0.791. The molecule has 2 rings (SSSR count). The number of hydrogen-bond acceptors (Lipinski definition) is 5. The minimum atomic E-state index is -0.192. The summed E-state index contributed by atoms with van der Waals surface area (Å²) < 4.78 is 0.679. The molecule has 1 aromatic rings. The molecule has 3 N–H and O–H groups in total. The van der Waals surface area contributed by atoms with Crippen molar-refractivity contribution in [1.82, 2.24) is 9.97 Å². The van der Waals surface area contributed by atoms with Crippen molar-refractivity contribution >= 4 is 27.6 Å². The van der Waals surface area contributed by atoms with E-state index in [0.29, 0.717) is 16.2 Å². The Labute approximate surface area is 96.5 Å². The molecule has 0 saturated carbocycles. The lowest BCUT2D eigenvalue weighted by Gasteiger charge is -2.30. The topological polar surface area (TPSA) is 75.3 Å². The first-order valence-electron chi connectivity index (χ1n) is 4.88. The first-order valence-corrected chi connectivity index (χ1v) is 5.67. The first kappa shape index (κ1) is 10.6. The van der Waals surface area contributed by atoms with Crippen molar-refractivity contribution in [2.75, 3.05) is 23.7 Å². The molecule has 6 heteroatoms. The molecule has 0 atom stereocenters. The van der Waals surface area contributed by atoms with Crippen molar-refractivity contribution in [3.63, 3.8) is 0 Å². The molecule has 1 saturated heterocycles. The molecule has 0 unspecified atom stereocenters. The maximum atomic E-state index is 9.39. The molecule has 5 nitrogen and oxygen atoms in total. The minimum absolute atomic E-state index is 0.192. The van der Waals surface area contributed by atoms with Crippen molar-refractivity contribution in [3.8, 4) is 0 Å². The van der Waals surface area contributed by atoms with Crippen LogP contribution in [0.3, 0.4) is 0 Å². The SMILES string of the molecule is Nc1ncc(Br)nc1N1CCC(O)CC1. The Hall–Kier alpha value is -0.880. The molecule has 1 aliphatic heterocycles. The molecule has 0 radical (unpaired) electrons. The third-order valence-corrected chi connectivity index (χ3v) is 2.90. The van der Waals surface area contributed by atoms with E-state index in [1.54, 1.807) is 6.20 Å². The molecular formula is C9H13BrN4O. The Kier molecular flexibility index (Phi) is 3.06. The van der Waals surface area contributed by atoms with Crippen LogP contribution < -0.4 is 10.6 Å². The molecule has 1 fully saturated rings. The van der Waals surface area contributed by atoms with Gasteiger partial charge in [-0.05, 0) is 28.8 Å². The third-order valence-electron chi connectivity index (χ3n) is 2.52. The van der Waals surface area contributed by atoms with Gasteiger partial charge in [-0.2, -0.15) is 0 Å². The van der Waals surface area contributed by atoms with Gasteiger partial charge >= 0.3 is 0 Å². The summed E-state index contributed by atoms with van der Waals surface area (Å²) in [6.45, 7) is 1.55. The van der Waals surface area contributed by atoms with Crippen LogP contribution in [0, 0.1) is 0 Å². The second-order valence-corrected chi connectivity index (χ2v) is 4.43. The minimum Gasteiger partial charge on any atom is -0.393 e. The predicted octanol–water partition coefficient (Wildman–Crippen LogP) is 0.782. The van der Waals surface area contributed by atoms with Crippen molar-refractivity contribution in [2.45, 2.75) is 18.9 Å². The van der Waals surface area contributed by atoms with Crippen molar-refractivity contribution < 1.29 is 5.11 Å². The molecule has 1 aliphatic rings. The highest BCUT2D eigenvalue weighted by Gasteiger charge is 2.20. The van der Waals surface area contributed by atoms with Crippen LogP contribution in [-0.4, -0.2) is 34.3 Å². The number of nitrogen functional groups attached to an aromatic ring is 1. The molecule has 0 amide bonds. The largest absolute Gasteiger partial charge is 0.393 e. The molecule has 1 aromatic heterocycles. The smallest absolute Gasteiger partial charge is 0.172 e. The van der Waals surface area contributed by atoms with Gasteiger partial charge in [-0.3, -0.25) is 0 Å². The molecule has 0 spiro atoms. The van der Waals surface area contributed by atoms with Crippen molar-refractivity contribution in [1.29, 1.82) is 0 Å². The Balaban J connectivity index is 2.18. The Morgan fingerprint density at radius 3 is 2.80 bits per heavy atom. The molecule has 0 aliphatic carbocycles. The van der Waals surface area contributed by atoms with Gasteiger partial charge in [0.2, 0.25) is 0 Å². The van der Waals surface area contributed by atoms with Gasteiger partial charge in [0.1, 0.15) is 4.60 Å². The lowest BCUT2D eigenvalue weighted by atomic mass is 10.1. The highest BCUT2D eigenvalue weighted by atomic mass is 79.9. The number of aliphatic hydroxyl groups is 1. The number of halogens is 1. The van der Waals surface area contributed by atoms with E-state index in [2.05, 4.69) is 30.8 Å². The van der Waals surface area contributed by atoms with Crippen LogP contribution in [0.2, 0.25) is 0 Å². The summed E-state index contributed by atoms with van der Waals surface area (Å²) in [6.07, 6.45) is 2.90. The van der Waals surface area contributed by atoms with Crippen molar-refractivity contribution in [3.05, 3.63) is 10.8 Å². The number of piperidine rings is 1. The average molecular weight is 273 g/mol. The van der Waals surface area contributed by atoms with Crippen LogP contribution in [0.4, 0.5) is 11.6 Å². The van der Waals surface area contributed by atoms with Gasteiger partial charge in [0.25, 0.3) is 0 Å². The summed E-state index contributed by atoms with van der Waals surface area (Å²) in [7, 11) is 0. The van der Waals surface area contributed by atoms with Gasteiger partial charge in [-0.25, -0.2) is 9.97 Å². The maximum absolute atomic E-state index is 9.39. The number of rotatable bonds is 1. The summed E-state index contributed by atoms with van der Waals surface area (Å²) >= 11 is 3.27. The van der Waals surface area contributed by atoms with Crippen LogP contribution >= 0.6 is 15.9 Å². The first-order chi connectivity index (χ1) is 7.16. The monoisotopic (exact) mass is 272 g/mol.